The number of carbonyl (C=O) groups excluding carboxylic acids is 3. The lowest BCUT2D eigenvalue weighted by Gasteiger charge is -2.40. The largest absolute Gasteiger partial charge is 0.478 e. The number of ether oxygens (including phenoxy) is 1. The molecule has 1 aliphatic heterocycles. The summed E-state index contributed by atoms with van der Waals surface area (Å²) in [6.45, 7) is 7.77. The van der Waals surface area contributed by atoms with E-state index in [1.807, 2.05) is 51.1 Å². The summed E-state index contributed by atoms with van der Waals surface area (Å²) < 4.78 is 5.33. The lowest BCUT2D eigenvalue weighted by molar-refractivity contribution is -0.147. The van der Waals surface area contributed by atoms with E-state index in [1.165, 1.54) is 6.07 Å². The fourth-order valence-corrected chi connectivity index (χ4v) is 6.88. The van der Waals surface area contributed by atoms with E-state index in [4.69, 9.17) is 22.1 Å². The lowest BCUT2D eigenvalue weighted by Crippen LogP contribution is -2.58. The van der Waals surface area contributed by atoms with Crippen molar-refractivity contribution in [3.05, 3.63) is 70.2 Å². The van der Waals surface area contributed by atoms with Crippen LogP contribution < -0.4 is 11.1 Å². The van der Waals surface area contributed by atoms with Gasteiger partial charge in [0.15, 0.2) is 0 Å². The number of primary amides is 1. The number of benzene rings is 2. The second-order valence-electron chi connectivity index (χ2n) is 12.6. The Morgan fingerprint density at radius 1 is 1.05 bits per heavy atom. The number of nitrogens with two attached hydrogens (primary N) is 1. The van der Waals surface area contributed by atoms with Crippen molar-refractivity contribution < 1.29 is 29.0 Å². The van der Waals surface area contributed by atoms with E-state index >= 15 is 0 Å². The van der Waals surface area contributed by atoms with Gasteiger partial charge < -0.3 is 25.8 Å². The van der Waals surface area contributed by atoms with Gasteiger partial charge in [0.2, 0.25) is 11.8 Å². The molecule has 2 aromatic carbocycles. The molecule has 9 nitrogen and oxygen atoms in total. The molecule has 10 heteroatoms. The van der Waals surface area contributed by atoms with E-state index in [1.54, 1.807) is 24.0 Å². The van der Waals surface area contributed by atoms with Crippen LogP contribution in [0.15, 0.2) is 48.5 Å². The third kappa shape index (κ3) is 6.41. The molecule has 0 aromatic heterocycles. The van der Waals surface area contributed by atoms with E-state index in [0.29, 0.717) is 24.9 Å². The van der Waals surface area contributed by atoms with Crippen LogP contribution in [-0.2, 0) is 14.3 Å². The number of alkyl carbamates (subject to hydrolysis) is 1. The van der Waals surface area contributed by atoms with Crippen molar-refractivity contribution in [2.24, 2.45) is 17.6 Å². The van der Waals surface area contributed by atoms with Crippen LogP contribution in [0.4, 0.5) is 4.79 Å². The fraction of sp³-hybridized carbons (Fsp3) is 0.500. The maximum atomic E-state index is 14.2. The smallest absolute Gasteiger partial charge is 0.407 e. The molecule has 1 saturated carbocycles. The number of nitrogens with zero attached hydrogens (tertiary/aromatic N) is 1. The van der Waals surface area contributed by atoms with Crippen molar-refractivity contribution in [1.29, 1.82) is 0 Å². The van der Waals surface area contributed by atoms with Crippen LogP contribution >= 0.6 is 11.6 Å². The third-order valence-corrected chi connectivity index (χ3v) is 9.08. The van der Waals surface area contributed by atoms with Gasteiger partial charge in [-0.25, -0.2) is 9.59 Å². The van der Waals surface area contributed by atoms with E-state index < -0.39 is 40.9 Å². The molecular formula is C32H40ClN3O6. The number of carboxylic acids is 1. The Hall–Kier alpha value is -3.59. The average Bonchev–Trinajstić information content (AvgIpc) is 3.25. The normalized spacial score (nSPS) is 26.0. The topological polar surface area (TPSA) is 139 Å². The van der Waals surface area contributed by atoms with Gasteiger partial charge in [0.05, 0.1) is 10.6 Å². The van der Waals surface area contributed by atoms with Gasteiger partial charge in [-0.2, -0.15) is 0 Å². The van der Waals surface area contributed by atoms with Crippen LogP contribution in [0.5, 0.6) is 0 Å². The van der Waals surface area contributed by atoms with Crippen molar-refractivity contribution in [2.45, 2.75) is 76.4 Å². The maximum Gasteiger partial charge on any atom is 0.407 e. The highest BCUT2D eigenvalue weighted by atomic mass is 35.5. The Balaban J connectivity index is 1.59. The summed E-state index contributed by atoms with van der Waals surface area (Å²) in [5.74, 6) is -3.04. The van der Waals surface area contributed by atoms with Gasteiger partial charge in [0.25, 0.3) is 0 Å². The quantitative estimate of drug-likeness (QED) is 0.395. The Morgan fingerprint density at radius 3 is 2.26 bits per heavy atom. The van der Waals surface area contributed by atoms with Crippen LogP contribution in [0.25, 0.3) is 0 Å². The summed E-state index contributed by atoms with van der Waals surface area (Å²) in [5.41, 5.74) is 5.48. The predicted octanol–water partition coefficient (Wildman–Crippen LogP) is 5.32. The first-order valence-electron chi connectivity index (χ1n) is 14.4. The zero-order valence-corrected chi connectivity index (χ0v) is 25.3. The Kier molecular flexibility index (Phi) is 9.21. The minimum Gasteiger partial charge on any atom is -0.478 e. The van der Waals surface area contributed by atoms with E-state index in [9.17, 15) is 24.3 Å². The number of carboxylic acid groups (broad SMARTS) is 1. The van der Waals surface area contributed by atoms with Crippen LogP contribution in [-0.4, -0.2) is 58.1 Å². The van der Waals surface area contributed by atoms with Gasteiger partial charge in [-0.05, 0) is 76.5 Å². The van der Waals surface area contributed by atoms with Crippen molar-refractivity contribution in [2.75, 3.05) is 13.1 Å². The molecule has 1 heterocycles. The van der Waals surface area contributed by atoms with Gasteiger partial charge >= 0.3 is 12.1 Å². The minimum atomic E-state index is -1.37. The number of likely N-dealkylation sites (tertiary alicyclic amines) is 1. The number of rotatable bonds is 7. The van der Waals surface area contributed by atoms with Crippen LogP contribution in [0.3, 0.4) is 0 Å². The number of halogens is 1. The molecule has 226 valence electrons. The number of hydrogen-bond acceptors (Lipinski definition) is 5. The summed E-state index contributed by atoms with van der Waals surface area (Å²) in [4.78, 5) is 53.0. The number of hydrogen-bond donors (Lipinski definition) is 3. The number of amides is 3. The zero-order chi connectivity index (χ0) is 30.8. The molecule has 42 heavy (non-hydrogen) atoms. The maximum absolute atomic E-state index is 14.2. The van der Waals surface area contributed by atoms with Gasteiger partial charge in [0, 0.05) is 30.8 Å². The highest BCUT2D eigenvalue weighted by molar-refractivity contribution is 6.34. The molecule has 4 rings (SSSR count). The molecule has 2 aliphatic rings. The molecule has 0 bridgehead atoms. The molecule has 1 saturated heterocycles. The van der Waals surface area contributed by atoms with Crippen LogP contribution in [0.2, 0.25) is 5.02 Å². The van der Waals surface area contributed by atoms with E-state index in [-0.39, 0.29) is 34.9 Å². The predicted molar refractivity (Wildman–Crippen MR) is 159 cm³/mol. The molecule has 3 atom stereocenters. The van der Waals surface area contributed by atoms with Crippen molar-refractivity contribution in [3.8, 4) is 0 Å². The molecular weight excluding hydrogens is 558 g/mol. The SMILES string of the molecule is CC(C)(C)OC(=O)NCC1CCC(C(=O)N2CC(c3cccc(C(=O)O)c3Cl)[C@@H](c3ccccc3)[C@@]2(C)C(N)=O)CC1. The summed E-state index contributed by atoms with van der Waals surface area (Å²) in [7, 11) is 0. The molecule has 1 unspecified atom stereocenters. The second kappa shape index (κ2) is 12.3. The fourth-order valence-electron chi connectivity index (χ4n) is 6.53. The molecule has 3 amide bonds. The van der Waals surface area contributed by atoms with Crippen molar-refractivity contribution in [1.82, 2.24) is 10.2 Å². The minimum absolute atomic E-state index is 0.0372. The molecule has 1 aliphatic carbocycles. The van der Waals surface area contributed by atoms with E-state index in [0.717, 1.165) is 18.4 Å². The highest BCUT2D eigenvalue weighted by Gasteiger charge is 2.58. The summed E-state index contributed by atoms with van der Waals surface area (Å²) in [5, 5.41) is 12.6. The number of nitrogens with one attached hydrogen (secondary N) is 1. The van der Waals surface area contributed by atoms with Crippen LogP contribution in [0.1, 0.15) is 86.7 Å². The molecule has 0 radical (unpaired) electrons. The van der Waals surface area contributed by atoms with Gasteiger partial charge in [0.1, 0.15) is 11.1 Å². The monoisotopic (exact) mass is 597 g/mol. The highest BCUT2D eigenvalue weighted by Crippen LogP contribution is 2.52. The zero-order valence-electron chi connectivity index (χ0n) is 24.6. The Bertz CT molecular complexity index is 1340. The summed E-state index contributed by atoms with van der Waals surface area (Å²) in [6.07, 6.45) is 2.25. The standard InChI is InChI=1S/C32H40ClN3O6/c1-31(2,3)42-30(41)35-17-19-13-15-21(16-14-19)27(37)36-18-24(22-11-8-12-23(26(22)33)28(38)39)25(32(36,4)29(34)40)20-9-6-5-7-10-20/h5-12,19,21,24-25H,13-18H2,1-4H3,(H2,34,40)(H,35,41)(H,38,39)/t19?,21?,24?,25-,32+/m1/s1. The van der Waals surface area contributed by atoms with Gasteiger partial charge in [-0.15, -0.1) is 0 Å². The summed E-state index contributed by atoms with van der Waals surface area (Å²) >= 11 is 6.65. The second-order valence-corrected chi connectivity index (χ2v) is 12.9. The Morgan fingerprint density at radius 2 is 1.69 bits per heavy atom. The molecule has 0 spiro atoms. The first kappa shape index (κ1) is 31.3. The van der Waals surface area contributed by atoms with Crippen LogP contribution in [0, 0.1) is 11.8 Å². The van der Waals surface area contributed by atoms with Gasteiger partial charge in [-0.3, -0.25) is 9.59 Å². The van der Waals surface area contributed by atoms with E-state index in [2.05, 4.69) is 5.32 Å². The number of aromatic carboxylic acids is 1. The first-order valence-corrected chi connectivity index (χ1v) is 14.8. The lowest BCUT2D eigenvalue weighted by atomic mass is 9.73. The average molecular weight is 598 g/mol. The third-order valence-electron chi connectivity index (χ3n) is 8.66. The molecule has 2 fully saturated rings. The Labute approximate surface area is 251 Å². The number of carbonyl (C=O) groups is 4. The first-order chi connectivity index (χ1) is 19.7. The molecule has 4 N–H and O–H groups in total. The van der Waals surface area contributed by atoms with Gasteiger partial charge in [-0.1, -0.05) is 54.1 Å². The van der Waals surface area contributed by atoms with Crippen molar-refractivity contribution in [3.63, 3.8) is 0 Å². The molecule has 2 aromatic rings. The summed E-state index contributed by atoms with van der Waals surface area (Å²) in [6, 6.07) is 14.2. The van der Waals surface area contributed by atoms with Crippen molar-refractivity contribution >= 4 is 35.5 Å².